The van der Waals surface area contributed by atoms with Gasteiger partial charge in [-0.05, 0) is 43.9 Å². The van der Waals surface area contributed by atoms with Crippen LogP contribution >= 0.6 is 0 Å². The highest BCUT2D eigenvalue weighted by atomic mass is 19.4. The van der Waals surface area contributed by atoms with Gasteiger partial charge in [0.1, 0.15) is 0 Å². The number of likely N-dealkylation sites (tertiary alicyclic amines) is 1. The number of halogens is 3. The van der Waals surface area contributed by atoms with Gasteiger partial charge in [0, 0.05) is 32.0 Å². The molecule has 0 aromatic heterocycles. The first-order valence-corrected chi connectivity index (χ1v) is 10.3. The van der Waals surface area contributed by atoms with Gasteiger partial charge in [-0.2, -0.15) is 13.2 Å². The SMILES string of the molecule is CC(=O)N1CCC(C(=O)Nc2cc(C(F)(F)F)ccc2NC2CCCCC2)CC1. The van der Waals surface area contributed by atoms with Crippen LogP contribution in [-0.4, -0.2) is 35.8 Å². The Kier molecular flexibility index (Phi) is 6.70. The molecule has 1 aliphatic carbocycles. The molecule has 1 aliphatic heterocycles. The zero-order valence-corrected chi connectivity index (χ0v) is 16.6. The van der Waals surface area contributed by atoms with E-state index in [1.54, 1.807) is 4.90 Å². The lowest BCUT2D eigenvalue weighted by atomic mass is 9.94. The Bertz CT molecular complexity index is 737. The van der Waals surface area contributed by atoms with Crippen molar-refractivity contribution in [1.29, 1.82) is 0 Å². The van der Waals surface area contributed by atoms with Crippen LogP contribution in [0.2, 0.25) is 0 Å². The van der Waals surface area contributed by atoms with E-state index in [4.69, 9.17) is 0 Å². The number of benzene rings is 1. The molecule has 3 rings (SSSR count). The van der Waals surface area contributed by atoms with E-state index in [9.17, 15) is 22.8 Å². The highest BCUT2D eigenvalue weighted by Crippen LogP contribution is 2.35. The monoisotopic (exact) mass is 411 g/mol. The molecule has 1 saturated carbocycles. The molecule has 1 heterocycles. The summed E-state index contributed by atoms with van der Waals surface area (Å²) in [6.45, 7) is 2.47. The molecule has 1 aromatic rings. The molecule has 0 bridgehead atoms. The lowest BCUT2D eigenvalue weighted by molar-refractivity contribution is -0.137. The molecule has 0 unspecified atom stereocenters. The number of piperidine rings is 1. The third kappa shape index (κ3) is 5.64. The van der Waals surface area contributed by atoms with Gasteiger partial charge in [-0.25, -0.2) is 0 Å². The second-order valence-corrected chi connectivity index (χ2v) is 8.01. The molecule has 160 valence electrons. The van der Waals surface area contributed by atoms with E-state index in [2.05, 4.69) is 10.6 Å². The Labute approximate surface area is 169 Å². The zero-order chi connectivity index (χ0) is 21.0. The Hall–Kier alpha value is -2.25. The number of nitrogens with one attached hydrogen (secondary N) is 2. The van der Waals surface area contributed by atoms with Gasteiger partial charge in [0.25, 0.3) is 0 Å². The molecular formula is C21H28F3N3O2. The quantitative estimate of drug-likeness (QED) is 0.758. The zero-order valence-electron chi connectivity index (χ0n) is 16.6. The smallest absolute Gasteiger partial charge is 0.381 e. The second kappa shape index (κ2) is 9.05. The average molecular weight is 411 g/mol. The van der Waals surface area contributed by atoms with Crippen LogP contribution in [-0.2, 0) is 15.8 Å². The van der Waals surface area contributed by atoms with Crippen LogP contribution in [0.1, 0.15) is 57.4 Å². The van der Waals surface area contributed by atoms with Gasteiger partial charge in [0.15, 0.2) is 0 Å². The van der Waals surface area contributed by atoms with Gasteiger partial charge in [0.05, 0.1) is 16.9 Å². The van der Waals surface area contributed by atoms with Crippen LogP contribution in [0.4, 0.5) is 24.5 Å². The molecule has 1 saturated heterocycles. The summed E-state index contributed by atoms with van der Waals surface area (Å²) in [7, 11) is 0. The predicted octanol–water partition coefficient (Wildman–Crippen LogP) is 4.65. The van der Waals surface area contributed by atoms with Crippen molar-refractivity contribution < 1.29 is 22.8 Å². The van der Waals surface area contributed by atoms with Crippen molar-refractivity contribution in [1.82, 2.24) is 4.90 Å². The molecule has 0 radical (unpaired) electrons. The third-order valence-corrected chi connectivity index (χ3v) is 5.88. The number of hydrogen-bond acceptors (Lipinski definition) is 3. The number of amides is 2. The second-order valence-electron chi connectivity index (χ2n) is 8.01. The number of carbonyl (C=O) groups excluding carboxylic acids is 2. The van der Waals surface area contributed by atoms with E-state index in [0.717, 1.165) is 37.8 Å². The van der Waals surface area contributed by atoms with Gasteiger partial charge < -0.3 is 15.5 Å². The average Bonchev–Trinajstić information content (AvgIpc) is 2.69. The molecule has 5 nitrogen and oxygen atoms in total. The van der Waals surface area contributed by atoms with Crippen LogP contribution < -0.4 is 10.6 Å². The molecule has 2 aliphatic rings. The van der Waals surface area contributed by atoms with Gasteiger partial charge in [-0.15, -0.1) is 0 Å². The highest BCUT2D eigenvalue weighted by Gasteiger charge is 2.32. The van der Waals surface area contributed by atoms with Crippen molar-refractivity contribution in [2.45, 2.75) is 64.1 Å². The van der Waals surface area contributed by atoms with Crippen LogP contribution in [0.15, 0.2) is 18.2 Å². The highest BCUT2D eigenvalue weighted by molar-refractivity contribution is 5.96. The first-order chi connectivity index (χ1) is 13.7. The lowest BCUT2D eigenvalue weighted by Crippen LogP contribution is -2.40. The fraction of sp³-hybridized carbons (Fsp3) is 0.619. The Morgan fingerprint density at radius 2 is 1.66 bits per heavy atom. The molecule has 8 heteroatoms. The Balaban J connectivity index is 1.74. The van der Waals surface area contributed by atoms with Crippen LogP contribution in [0.3, 0.4) is 0 Å². The van der Waals surface area contributed by atoms with Crippen molar-refractivity contribution in [3.05, 3.63) is 23.8 Å². The fourth-order valence-electron chi connectivity index (χ4n) is 4.11. The first kappa shape index (κ1) is 21.5. The van der Waals surface area contributed by atoms with Crippen molar-refractivity contribution in [3.8, 4) is 0 Å². The van der Waals surface area contributed by atoms with E-state index in [1.165, 1.54) is 19.4 Å². The van der Waals surface area contributed by atoms with E-state index >= 15 is 0 Å². The number of carbonyl (C=O) groups is 2. The third-order valence-electron chi connectivity index (χ3n) is 5.88. The molecule has 1 aromatic carbocycles. The maximum atomic E-state index is 13.2. The van der Waals surface area contributed by atoms with Gasteiger partial charge in [0.2, 0.25) is 11.8 Å². The van der Waals surface area contributed by atoms with Crippen LogP contribution in [0.25, 0.3) is 0 Å². The number of anilines is 2. The number of nitrogens with zero attached hydrogens (tertiary/aromatic N) is 1. The number of alkyl halides is 3. The summed E-state index contributed by atoms with van der Waals surface area (Å²) < 4.78 is 39.6. The van der Waals surface area contributed by atoms with Crippen molar-refractivity contribution in [2.75, 3.05) is 23.7 Å². The standard InChI is InChI=1S/C21H28F3N3O2/c1-14(28)27-11-9-15(10-12-27)20(29)26-19-13-16(21(22,23)24)7-8-18(19)25-17-5-3-2-4-6-17/h7-8,13,15,17,25H,2-6,9-12H2,1H3,(H,26,29). The minimum atomic E-state index is -4.48. The minimum Gasteiger partial charge on any atom is -0.381 e. The van der Waals surface area contributed by atoms with Gasteiger partial charge >= 0.3 is 6.18 Å². The fourth-order valence-corrected chi connectivity index (χ4v) is 4.11. The molecule has 2 fully saturated rings. The molecule has 2 amide bonds. The van der Waals surface area contributed by atoms with Crippen molar-refractivity contribution in [2.24, 2.45) is 5.92 Å². The van der Waals surface area contributed by atoms with Crippen LogP contribution in [0.5, 0.6) is 0 Å². The predicted molar refractivity (Wildman–Crippen MR) is 106 cm³/mol. The Morgan fingerprint density at radius 3 is 2.24 bits per heavy atom. The summed E-state index contributed by atoms with van der Waals surface area (Å²) >= 11 is 0. The van der Waals surface area contributed by atoms with Crippen molar-refractivity contribution >= 4 is 23.2 Å². The molecule has 0 spiro atoms. The first-order valence-electron chi connectivity index (χ1n) is 10.3. The van der Waals surface area contributed by atoms with Crippen molar-refractivity contribution in [3.63, 3.8) is 0 Å². The maximum absolute atomic E-state index is 13.2. The summed E-state index contributed by atoms with van der Waals surface area (Å²) in [4.78, 5) is 25.9. The Morgan fingerprint density at radius 1 is 1.00 bits per heavy atom. The summed E-state index contributed by atoms with van der Waals surface area (Å²) in [6.07, 6.45) is 1.84. The topological polar surface area (TPSA) is 61.4 Å². The summed E-state index contributed by atoms with van der Waals surface area (Å²) in [5.41, 5.74) is -0.0859. The van der Waals surface area contributed by atoms with E-state index in [0.29, 0.717) is 31.6 Å². The molecule has 29 heavy (non-hydrogen) atoms. The normalized spacial score (nSPS) is 19.1. The van der Waals surface area contributed by atoms with Gasteiger partial charge in [-0.3, -0.25) is 9.59 Å². The van der Waals surface area contributed by atoms with E-state index in [-0.39, 0.29) is 29.5 Å². The molecular weight excluding hydrogens is 383 g/mol. The summed E-state index contributed by atoms with van der Waals surface area (Å²) in [5.74, 6) is -0.636. The maximum Gasteiger partial charge on any atom is 0.416 e. The van der Waals surface area contributed by atoms with E-state index in [1.807, 2.05) is 0 Å². The lowest BCUT2D eigenvalue weighted by Gasteiger charge is -2.31. The van der Waals surface area contributed by atoms with Crippen LogP contribution in [0, 0.1) is 5.92 Å². The number of hydrogen-bond donors (Lipinski definition) is 2. The summed E-state index contributed by atoms with van der Waals surface area (Å²) in [5, 5.41) is 6.04. The molecule has 2 N–H and O–H groups in total. The summed E-state index contributed by atoms with van der Waals surface area (Å²) in [6, 6.07) is 3.67. The van der Waals surface area contributed by atoms with Gasteiger partial charge in [-0.1, -0.05) is 19.3 Å². The number of rotatable bonds is 4. The minimum absolute atomic E-state index is 0.0271. The van der Waals surface area contributed by atoms with E-state index < -0.39 is 11.7 Å². The largest absolute Gasteiger partial charge is 0.416 e. The molecule has 0 atom stereocenters.